The maximum Gasteiger partial charge on any atom is 0.133 e. The molecule has 2 rings (SSSR count). The van der Waals surface area contributed by atoms with Gasteiger partial charge in [0.2, 0.25) is 0 Å². The summed E-state index contributed by atoms with van der Waals surface area (Å²) in [7, 11) is 0. The lowest BCUT2D eigenvalue weighted by atomic mass is 10.1. The lowest BCUT2D eigenvalue weighted by Gasteiger charge is -2.24. The highest BCUT2D eigenvalue weighted by Gasteiger charge is 2.13. The standard InChI is InChI=1S/C17H21FN2O/c1-4-20(15-7-5-6-14(18)10-15)17-9-13(11-21)8-16(19-17)12(2)3/h5-10,12,21H,4,11H2,1-3H3. The fourth-order valence-electron chi connectivity index (χ4n) is 2.24. The Labute approximate surface area is 125 Å². The highest BCUT2D eigenvalue weighted by Crippen LogP contribution is 2.27. The van der Waals surface area contributed by atoms with Crippen molar-refractivity contribution in [2.24, 2.45) is 0 Å². The number of aliphatic hydroxyl groups is 1. The molecular formula is C17H21FN2O. The molecule has 1 N–H and O–H groups in total. The van der Waals surface area contributed by atoms with Gasteiger partial charge in [0, 0.05) is 17.9 Å². The predicted octanol–water partition coefficient (Wildman–Crippen LogP) is 3.99. The van der Waals surface area contributed by atoms with Gasteiger partial charge >= 0.3 is 0 Å². The van der Waals surface area contributed by atoms with E-state index in [2.05, 4.69) is 18.8 Å². The average Bonchev–Trinajstić information content (AvgIpc) is 2.47. The number of benzene rings is 1. The first-order valence-electron chi connectivity index (χ1n) is 7.20. The van der Waals surface area contributed by atoms with Gasteiger partial charge in [-0.25, -0.2) is 9.37 Å². The van der Waals surface area contributed by atoms with E-state index in [1.807, 2.05) is 30.0 Å². The average molecular weight is 288 g/mol. The van der Waals surface area contributed by atoms with Crippen LogP contribution in [0.15, 0.2) is 36.4 Å². The topological polar surface area (TPSA) is 36.4 Å². The van der Waals surface area contributed by atoms with Gasteiger partial charge in [-0.15, -0.1) is 0 Å². The maximum atomic E-state index is 13.4. The minimum atomic E-state index is -0.270. The summed E-state index contributed by atoms with van der Waals surface area (Å²) in [5.74, 6) is 0.730. The van der Waals surface area contributed by atoms with Crippen LogP contribution in [0.3, 0.4) is 0 Å². The van der Waals surface area contributed by atoms with Crippen molar-refractivity contribution in [3.63, 3.8) is 0 Å². The van der Waals surface area contributed by atoms with Crippen molar-refractivity contribution < 1.29 is 9.50 Å². The number of aromatic nitrogens is 1. The molecule has 0 amide bonds. The summed E-state index contributed by atoms with van der Waals surface area (Å²) in [6, 6.07) is 10.2. The fourth-order valence-corrected chi connectivity index (χ4v) is 2.24. The molecule has 21 heavy (non-hydrogen) atoms. The molecule has 112 valence electrons. The number of pyridine rings is 1. The molecule has 0 fully saturated rings. The van der Waals surface area contributed by atoms with E-state index in [9.17, 15) is 9.50 Å². The predicted molar refractivity (Wildman–Crippen MR) is 83.3 cm³/mol. The Balaban J connectivity index is 2.48. The highest BCUT2D eigenvalue weighted by molar-refractivity contribution is 5.60. The second-order valence-electron chi connectivity index (χ2n) is 5.30. The fraction of sp³-hybridized carbons (Fsp3) is 0.353. The number of rotatable bonds is 5. The van der Waals surface area contributed by atoms with Gasteiger partial charge in [0.05, 0.1) is 6.61 Å². The largest absolute Gasteiger partial charge is 0.392 e. The zero-order chi connectivity index (χ0) is 15.4. The van der Waals surface area contributed by atoms with E-state index in [0.29, 0.717) is 6.54 Å². The molecule has 4 heteroatoms. The summed E-state index contributed by atoms with van der Waals surface area (Å²) in [5.41, 5.74) is 2.50. The van der Waals surface area contributed by atoms with Gasteiger partial charge in [-0.2, -0.15) is 0 Å². The Morgan fingerprint density at radius 1 is 1.24 bits per heavy atom. The van der Waals surface area contributed by atoms with Gasteiger partial charge in [0.25, 0.3) is 0 Å². The zero-order valence-electron chi connectivity index (χ0n) is 12.7. The normalized spacial score (nSPS) is 11.0. The molecule has 0 saturated heterocycles. The molecule has 0 atom stereocenters. The Bertz CT molecular complexity index is 613. The smallest absolute Gasteiger partial charge is 0.133 e. The second kappa shape index (κ2) is 6.68. The Hall–Kier alpha value is -1.94. The SMILES string of the molecule is CCN(c1cccc(F)c1)c1cc(CO)cc(C(C)C)n1. The monoisotopic (exact) mass is 288 g/mol. The summed E-state index contributed by atoms with van der Waals surface area (Å²) in [5, 5.41) is 9.43. The molecule has 1 aromatic carbocycles. The van der Waals surface area contributed by atoms with E-state index < -0.39 is 0 Å². The van der Waals surface area contributed by atoms with Crippen molar-refractivity contribution in [2.75, 3.05) is 11.4 Å². The molecule has 2 aromatic rings. The van der Waals surface area contributed by atoms with E-state index >= 15 is 0 Å². The minimum absolute atomic E-state index is 0.0318. The third kappa shape index (κ3) is 3.58. The van der Waals surface area contributed by atoms with E-state index in [0.717, 1.165) is 22.8 Å². The lowest BCUT2D eigenvalue weighted by Crippen LogP contribution is -2.18. The molecule has 0 radical (unpaired) electrons. The van der Waals surface area contributed by atoms with Crippen molar-refractivity contribution in [2.45, 2.75) is 33.3 Å². The Kier molecular flexibility index (Phi) is 4.91. The summed E-state index contributed by atoms with van der Waals surface area (Å²) in [6.45, 7) is 6.75. The number of anilines is 2. The van der Waals surface area contributed by atoms with Crippen molar-refractivity contribution in [1.82, 2.24) is 4.98 Å². The molecular weight excluding hydrogens is 267 g/mol. The molecule has 3 nitrogen and oxygen atoms in total. The zero-order valence-corrected chi connectivity index (χ0v) is 12.7. The van der Waals surface area contributed by atoms with Gasteiger partial charge in [0.1, 0.15) is 11.6 Å². The third-order valence-corrected chi connectivity index (χ3v) is 3.38. The van der Waals surface area contributed by atoms with Crippen molar-refractivity contribution in [3.05, 3.63) is 53.5 Å². The molecule has 0 aliphatic rings. The van der Waals surface area contributed by atoms with Crippen LogP contribution in [0.5, 0.6) is 0 Å². The van der Waals surface area contributed by atoms with E-state index in [1.54, 1.807) is 6.07 Å². The quantitative estimate of drug-likeness (QED) is 0.903. The van der Waals surface area contributed by atoms with Crippen LogP contribution in [0.25, 0.3) is 0 Å². The van der Waals surface area contributed by atoms with Crippen LogP contribution < -0.4 is 4.90 Å². The lowest BCUT2D eigenvalue weighted by molar-refractivity contribution is 0.281. The summed E-state index contributed by atoms with van der Waals surface area (Å²) in [4.78, 5) is 6.59. The first kappa shape index (κ1) is 15.4. The molecule has 1 aromatic heterocycles. The number of halogens is 1. The third-order valence-electron chi connectivity index (χ3n) is 3.38. The van der Waals surface area contributed by atoms with E-state index in [1.165, 1.54) is 12.1 Å². The minimum Gasteiger partial charge on any atom is -0.392 e. The second-order valence-corrected chi connectivity index (χ2v) is 5.30. The number of aliphatic hydroxyl groups excluding tert-OH is 1. The first-order valence-corrected chi connectivity index (χ1v) is 7.20. The molecule has 0 bridgehead atoms. The Morgan fingerprint density at radius 3 is 2.57 bits per heavy atom. The molecule has 0 spiro atoms. The highest BCUT2D eigenvalue weighted by atomic mass is 19.1. The van der Waals surface area contributed by atoms with Crippen molar-refractivity contribution in [3.8, 4) is 0 Å². The molecule has 0 unspecified atom stereocenters. The number of nitrogens with zero attached hydrogens (tertiary/aromatic N) is 2. The van der Waals surface area contributed by atoms with Gasteiger partial charge in [-0.3, -0.25) is 0 Å². The van der Waals surface area contributed by atoms with Crippen LogP contribution in [0.2, 0.25) is 0 Å². The maximum absolute atomic E-state index is 13.4. The molecule has 0 saturated carbocycles. The van der Waals surface area contributed by atoms with Crippen molar-refractivity contribution >= 4 is 11.5 Å². The Morgan fingerprint density at radius 2 is 2.00 bits per heavy atom. The number of hydrogen-bond acceptors (Lipinski definition) is 3. The molecule has 0 aliphatic heterocycles. The van der Waals surface area contributed by atoms with Crippen molar-refractivity contribution in [1.29, 1.82) is 0 Å². The van der Waals surface area contributed by atoms with Crippen LogP contribution in [0, 0.1) is 5.82 Å². The van der Waals surface area contributed by atoms with Crippen LogP contribution in [-0.4, -0.2) is 16.6 Å². The molecule has 1 heterocycles. The van der Waals surface area contributed by atoms with E-state index in [-0.39, 0.29) is 18.3 Å². The van der Waals surface area contributed by atoms with Crippen LogP contribution in [0.4, 0.5) is 15.9 Å². The van der Waals surface area contributed by atoms with Crippen LogP contribution in [0.1, 0.15) is 37.9 Å². The summed E-state index contributed by atoms with van der Waals surface area (Å²) >= 11 is 0. The molecule has 0 aliphatic carbocycles. The van der Waals surface area contributed by atoms with E-state index in [4.69, 9.17) is 0 Å². The van der Waals surface area contributed by atoms with Crippen LogP contribution in [-0.2, 0) is 6.61 Å². The van der Waals surface area contributed by atoms with Gasteiger partial charge in [-0.1, -0.05) is 19.9 Å². The number of hydrogen-bond donors (Lipinski definition) is 1. The summed E-state index contributed by atoms with van der Waals surface area (Å²) in [6.07, 6.45) is 0. The van der Waals surface area contributed by atoms with Gasteiger partial charge < -0.3 is 10.0 Å². The van der Waals surface area contributed by atoms with Gasteiger partial charge in [-0.05, 0) is 48.7 Å². The van der Waals surface area contributed by atoms with Gasteiger partial charge in [0.15, 0.2) is 0 Å². The van der Waals surface area contributed by atoms with Crippen LogP contribution >= 0.6 is 0 Å². The summed E-state index contributed by atoms with van der Waals surface area (Å²) < 4.78 is 13.4. The first-order chi connectivity index (χ1) is 10.0.